The van der Waals surface area contributed by atoms with Gasteiger partial charge in [0.15, 0.2) is 11.5 Å². The van der Waals surface area contributed by atoms with Gasteiger partial charge in [0.05, 0.1) is 21.3 Å². The number of carbonyl (C=O) groups is 1. The number of piperidine rings is 1. The summed E-state index contributed by atoms with van der Waals surface area (Å²) in [5, 5.41) is 3.28. The van der Waals surface area contributed by atoms with Crippen molar-refractivity contribution in [2.75, 3.05) is 41.5 Å². The molecule has 1 aliphatic carbocycles. The van der Waals surface area contributed by atoms with E-state index in [1.165, 1.54) is 12.8 Å². The second-order valence-corrected chi connectivity index (χ2v) is 7.40. The highest BCUT2D eigenvalue weighted by atomic mass is 16.5. The molecule has 0 spiro atoms. The number of fused-ring (bicyclic) bond motifs is 1. The minimum Gasteiger partial charge on any atom is -0.493 e. The number of likely N-dealkylation sites (tertiary alicyclic amines) is 1. The molecule has 1 heterocycles. The number of methoxy groups -OCH3 is 3. The van der Waals surface area contributed by atoms with Gasteiger partial charge >= 0.3 is 0 Å². The molecule has 6 nitrogen and oxygen atoms in total. The number of nitrogens with one attached hydrogen (secondary N) is 1. The minimum atomic E-state index is -0.0752. The molecule has 1 aliphatic heterocycles. The predicted octanol–water partition coefficient (Wildman–Crippen LogP) is 2.56. The van der Waals surface area contributed by atoms with Gasteiger partial charge < -0.3 is 24.4 Å². The van der Waals surface area contributed by atoms with E-state index in [0.717, 1.165) is 25.9 Å². The van der Waals surface area contributed by atoms with Gasteiger partial charge in [-0.15, -0.1) is 0 Å². The molecule has 1 aromatic carbocycles. The number of hydrogen-bond donors (Lipinski definition) is 1. The Morgan fingerprint density at radius 1 is 1.08 bits per heavy atom. The maximum absolute atomic E-state index is 12.9. The number of carbonyl (C=O) groups excluding carboxylic acids is 1. The van der Waals surface area contributed by atoms with E-state index in [4.69, 9.17) is 14.2 Å². The molecule has 2 aliphatic rings. The lowest BCUT2D eigenvalue weighted by molar-refractivity contribution is 0.0661. The standard InChI is InChI=1S/C20H30N2O4/c1-22-9-8-15-13(12-22)6-5-7-16(15)21-20(23)14-10-17(24-2)19(26-4)18(11-14)25-3/h10-11,13,15-16H,5-9,12H2,1-4H3,(H,21,23)/t13-,15-,16?/m1/s1. The van der Waals surface area contributed by atoms with E-state index in [-0.39, 0.29) is 11.9 Å². The Bertz CT molecular complexity index is 624. The van der Waals surface area contributed by atoms with Gasteiger partial charge in [0.2, 0.25) is 5.75 Å². The highest BCUT2D eigenvalue weighted by Gasteiger charge is 2.37. The van der Waals surface area contributed by atoms with Crippen molar-refractivity contribution in [3.8, 4) is 17.2 Å². The highest BCUT2D eigenvalue weighted by molar-refractivity contribution is 5.95. The summed E-state index contributed by atoms with van der Waals surface area (Å²) in [6.07, 6.45) is 4.66. The molecule has 3 atom stereocenters. The maximum Gasteiger partial charge on any atom is 0.251 e. The fraction of sp³-hybridized carbons (Fsp3) is 0.650. The van der Waals surface area contributed by atoms with Gasteiger partial charge in [-0.3, -0.25) is 4.79 Å². The van der Waals surface area contributed by atoms with Gasteiger partial charge in [-0.2, -0.15) is 0 Å². The Hall–Kier alpha value is -1.95. The normalized spacial score (nSPS) is 25.9. The molecule has 6 heteroatoms. The number of nitrogens with zero attached hydrogens (tertiary/aromatic N) is 1. The number of ether oxygens (including phenoxy) is 3. The van der Waals surface area contributed by atoms with Crippen molar-refractivity contribution < 1.29 is 19.0 Å². The van der Waals surface area contributed by atoms with E-state index in [1.807, 2.05) is 0 Å². The molecule has 3 rings (SSSR count). The van der Waals surface area contributed by atoms with Crippen LogP contribution in [0.25, 0.3) is 0 Å². The molecular weight excluding hydrogens is 332 g/mol. The van der Waals surface area contributed by atoms with Gasteiger partial charge in [0, 0.05) is 18.2 Å². The van der Waals surface area contributed by atoms with E-state index in [2.05, 4.69) is 17.3 Å². The van der Waals surface area contributed by atoms with E-state index in [1.54, 1.807) is 33.5 Å². The van der Waals surface area contributed by atoms with Crippen LogP contribution in [0.2, 0.25) is 0 Å². The summed E-state index contributed by atoms with van der Waals surface area (Å²) in [5.41, 5.74) is 0.537. The first kappa shape index (κ1) is 18.8. The first-order chi connectivity index (χ1) is 12.6. The Morgan fingerprint density at radius 2 is 1.77 bits per heavy atom. The van der Waals surface area contributed by atoms with Gasteiger partial charge in [-0.1, -0.05) is 6.42 Å². The number of hydrogen-bond acceptors (Lipinski definition) is 5. The Balaban J connectivity index is 1.77. The Morgan fingerprint density at radius 3 is 2.38 bits per heavy atom. The zero-order valence-corrected chi connectivity index (χ0v) is 16.2. The second-order valence-electron chi connectivity index (χ2n) is 7.40. The summed E-state index contributed by atoms with van der Waals surface area (Å²) in [5.74, 6) is 2.68. The van der Waals surface area contributed by atoms with Crippen molar-refractivity contribution in [2.24, 2.45) is 11.8 Å². The van der Waals surface area contributed by atoms with Crippen LogP contribution in [0, 0.1) is 11.8 Å². The number of rotatable bonds is 5. The van der Waals surface area contributed by atoms with Crippen LogP contribution in [0.4, 0.5) is 0 Å². The molecule has 1 saturated heterocycles. The van der Waals surface area contributed by atoms with Crippen molar-refractivity contribution in [3.63, 3.8) is 0 Å². The van der Waals surface area contributed by atoms with Crippen LogP contribution in [-0.2, 0) is 0 Å². The van der Waals surface area contributed by atoms with Crippen LogP contribution in [0.3, 0.4) is 0 Å². The Kier molecular flexibility index (Phi) is 5.91. The predicted molar refractivity (Wildman–Crippen MR) is 100 cm³/mol. The molecule has 0 bridgehead atoms. The lowest BCUT2D eigenvalue weighted by Gasteiger charge is -2.44. The third-order valence-electron chi connectivity index (χ3n) is 5.85. The van der Waals surface area contributed by atoms with Crippen molar-refractivity contribution in [1.29, 1.82) is 0 Å². The van der Waals surface area contributed by atoms with Crippen LogP contribution in [0.15, 0.2) is 12.1 Å². The molecule has 2 fully saturated rings. The molecule has 26 heavy (non-hydrogen) atoms. The molecule has 1 saturated carbocycles. The van der Waals surface area contributed by atoms with E-state index in [9.17, 15) is 4.79 Å². The molecule has 1 unspecified atom stereocenters. The van der Waals surface area contributed by atoms with Crippen LogP contribution in [0.5, 0.6) is 17.2 Å². The third-order valence-corrected chi connectivity index (χ3v) is 5.85. The van der Waals surface area contributed by atoms with Crippen LogP contribution in [-0.4, -0.2) is 58.3 Å². The summed E-state index contributed by atoms with van der Waals surface area (Å²) in [6.45, 7) is 2.25. The topological polar surface area (TPSA) is 60.0 Å². The summed E-state index contributed by atoms with van der Waals surface area (Å²) in [7, 11) is 6.86. The molecule has 0 aromatic heterocycles. The van der Waals surface area contributed by atoms with Crippen LogP contribution >= 0.6 is 0 Å². The summed E-state index contributed by atoms with van der Waals surface area (Å²) >= 11 is 0. The summed E-state index contributed by atoms with van der Waals surface area (Å²) < 4.78 is 16.1. The number of amides is 1. The van der Waals surface area contributed by atoms with Crippen LogP contribution < -0.4 is 19.5 Å². The molecule has 1 amide bonds. The van der Waals surface area contributed by atoms with Crippen molar-refractivity contribution in [3.05, 3.63) is 17.7 Å². The van der Waals surface area contributed by atoms with Crippen molar-refractivity contribution in [1.82, 2.24) is 10.2 Å². The smallest absolute Gasteiger partial charge is 0.251 e. The largest absolute Gasteiger partial charge is 0.493 e. The van der Waals surface area contributed by atoms with Crippen molar-refractivity contribution >= 4 is 5.91 Å². The zero-order chi connectivity index (χ0) is 18.7. The van der Waals surface area contributed by atoms with Crippen LogP contribution in [0.1, 0.15) is 36.0 Å². The fourth-order valence-corrected chi connectivity index (χ4v) is 4.52. The molecule has 1 aromatic rings. The Labute approximate surface area is 155 Å². The molecule has 0 radical (unpaired) electrons. The maximum atomic E-state index is 12.9. The third kappa shape index (κ3) is 3.75. The first-order valence-electron chi connectivity index (χ1n) is 9.36. The van der Waals surface area contributed by atoms with E-state index in [0.29, 0.717) is 34.6 Å². The average Bonchev–Trinajstić information content (AvgIpc) is 2.66. The van der Waals surface area contributed by atoms with Gasteiger partial charge in [0.25, 0.3) is 5.91 Å². The van der Waals surface area contributed by atoms with Gasteiger partial charge in [-0.25, -0.2) is 0 Å². The van der Waals surface area contributed by atoms with Gasteiger partial charge in [-0.05, 0) is 56.8 Å². The summed E-state index contributed by atoms with van der Waals surface area (Å²) in [4.78, 5) is 15.3. The lowest BCUT2D eigenvalue weighted by atomic mass is 9.72. The minimum absolute atomic E-state index is 0.0752. The second kappa shape index (κ2) is 8.16. The SMILES string of the molecule is COc1cc(C(=O)NC2CCC[C@@H]3CN(C)CC[C@@H]23)cc(OC)c1OC. The zero-order valence-electron chi connectivity index (χ0n) is 16.2. The average molecular weight is 362 g/mol. The van der Waals surface area contributed by atoms with Crippen molar-refractivity contribution in [2.45, 2.75) is 31.7 Å². The van der Waals surface area contributed by atoms with Gasteiger partial charge in [0.1, 0.15) is 0 Å². The lowest BCUT2D eigenvalue weighted by Crippen LogP contribution is -2.51. The van der Waals surface area contributed by atoms with E-state index < -0.39 is 0 Å². The van der Waals surface area contributed by atoms with E-state index >= 15 is 0 Å². The highest BCUT2D eigenvalue weighted by Crippen LogP contribution is 2.39. The molecule has 144 valence electrons. The molecule has 1 N–H and O–H groups in total. The quantitative estimate of drug-likeness (QED) is 0.872. The number of benzene rings is 1. The monoisotopic (exact) mass is 362 g/mol. The molecular formula is C20H30N2O4. The summed E-state index contributed by atoms with van der Waals surface area (Å²) in [6, 6.07) is 3.67. The fourth-order valence-electron chi connectivity index (χ4n) is 4.52. The first-order valence-corrected chi connectivity index (χ1v) is 9.36.